The summed E-state index contributed by atoms with van der Waals surface area (Å²) in [6.07, 6.45) is 0. The van der Waals surface area contributed by atoms with Crippen LogP contribution in [0.1, 0.15) is 0 Å². The molecule has 1 aliphatic carbocycles. The normalized spacial score (nSPS) is 12.7. The van der Waals surface area contributed by atoms with Gasteiger partial charge in [0.05, 0.1) is 11.0 Å². The number of H-pyrrole nitrogens is 1. The Kier molecular flexibility index (Phi) is 2.44. The molecule has 1 aliphatic rings. The molecule has 0 aliphatic heterocycles. The first-order valence-electron chi connectivity index (χ1n) is 10.4. The summed E-state index contributed by atoms with van der Waals surface area (Å²) in [5.74, 6) is 0. The van der Waals surface area contributed by atoms with E-state index in [2.05, 4.69) is 101 Å². The summed E-state index contributed by atoms with van der Waals surface area (Å²) < 4.78 is 2.42. The van der Waals surface area contributed by atoms with Gasteiger partial charge in [-0.25, -0.2) is 0 Å². The fraction of sp³-hybridized carbons (Fsp3) is 0. The average Bonchev–Trinajstić information content (AvgIpc) is 3.30. The maximum atomic E-state index is 3.68. The lowest BCUT2D eigenvalue weighted by Crippen LogP contribution is -1.93. The van der Waals surface area contributed by atoms with Gasteiger partial charge in [0.25, 0.3) is 0 Å². The molecule has 0 spiro atoms. The minimum Gasteiger partial charge on any atom is -0.354 e. The Balaban J connectivity index is 1.81. The number of benzene rings is 5. The highest BCUT2D eigenvalue weighted by atomic mass is 15.0. The molecule has 2 nitrogen and oxygen atoms in total. The van der Waals surface area contributed by atoms with Crippen molar-refractivity contribution in [2.75, 3.05) is 0 Å². The lowest BCUT2D eigenvalue weighted by Gasteiger charge is -2.11. The molecule has 0 radical (unpaired) electrons. The lowest BCUT2D eigenvalue weighted by atomic mass is 9.95. The monoisotopic (exact) mass is 380 g/mol. The molecule has 0 fully saturated rings. The van der Waals surface area contributed by atoms with Crippen LogP contribution < -0.4 is 0 Å². The number of nitrogens with one attached hydrogen (secondary N) is 1. The van der Waals surface area contributed by atoms with Gasteiger partial charge in [-0.05, 0) is 58.3 Å². The molecule has 0 saturated heterocycles. The van der Waals surface area contributed by atoms with Gasteiger partial charge in [0.1, 0.15) is 0 Å². The molecule has 7 aromatic rings. The van der Waals surface area contributed by atoms with Crippen molar-refractivity contribution in [2.45, 2.75) is 0 Å². The van der Waals surface area contributed by atoms with Gasteiger partial charge in [0, 0.05) is 38.3 Å². The molecule has 2 aromatic heterocycles. The Hall–Kier alpha value is -4.04. The van der Waals surface area contributed by atoms with Gasteiger partial charge in [-0.3, -0.25) is 0 Å². The van der Waals surface area contributed by atoms with Crippen LogP contribution in [0.15, 0.2) is 91.0 Å². The molecular weight excluding hydrogens is 364 g/mol. The first-order chi connectivity index (χ1) is 14.9. The summed E-state index contributed by atoms with van der Waals surface area (Å²) >= 11 is 0. The van der Waals surface area contributed by atoms with Crippen molar-refractivity contribution in [3.8, 4) is 16.8 Å². The van der Waals surface area contributed by atoms with Crippen LogP contribution in [0.5, 0.6) is 0 Å². The number of hydrogen-bond acceptors (Lipinski definition) is 0. The van der Waals surface area contributed by atoms with Crippen LogP contribution in [-0.4, -0.2) is 9.55 Å². The van der Waals surface area contributed by atoms with Crippen molar-refractivity contribution in [1.29, 1.82) is 0 Å². The maximum absolute atomic E-state index is 3.68. The number of rotatable bonds is 1. The number of nitrogens with zero attached hydrogens (tertiary/aromatic N) is 1. The second-order valence-electron chi connectivity index (χ2n) is 8.27. The van der Waals surface area contributed by atoms with E-state index in [1.807, 2.05) is 0 Å². The van der Waals surface area contributed by atoms with Crippen LogP contribution in [0.2, 0.25) is 0 Å². The molecule has 8 rings (SSSR count). The third kappa shape index (κ3) is 1.56. The summed E-state index contributed by atoms with van der Waals surface area (Å²) in [5.41, 5.74) is 8.81. The number of aromatic amines is 1. The van der Waals surface area contributed by atoms with Crippen LogP contribution in [0, 0.1) is 0 Å². The largest absolute Gasteiger partial charge is 0.354 e. The van der Waals surface area contributed by atoms with Gasteiger partial charge in [0.2, 0.25) is 0 Å². The van der Waals surface area contributed by atoms with Gasteiger partial charge in [-0.2, -0.15) is 0 Å². The first-order valence-corrected chi connectivity index (χ1v) is 10.4. The van der Waals surface area contributed by atoms with E-state index in [4.69, 9.17) is 0 Å². The first kappa shape index (κ1) is 14.9. The molecule has 30 heavy (non-hydrogen) atoms. The average molecular weight is 380 g/mol. The Labute approximate surface area is 172 Å². The summed E-state index contributed by atoms with van der Waals surface area (Å²) in [4.78, 5) is 3.68. The van der Waals surface area contributed by atoms with E-state index in [1.165, 1.54) is 71.2 Å². The Morgan fingerprint density at radius 3 is 2.03 bits per heavy atom. The Morgan fingerprint density at radius 2 is 1.17 bits per heavy atom. The van der Waals surface area contributed by atoms with E-state index in [0.29, 0.717) is 0 Å². The molecular formula is C28H16N2. The SMILES string of the molecule is c1ccc(-n2c3ccc4cccc5c4c3c3c4c(ccc32)[nH]c2cccc-5c24)cc1. The number of para-hydroxylation sites is 1. The second kappa shape index (κ2) is 4.92. The van der Waals surface area contributed by atoms with E-state index in [-0.39, 0.29) is 0 Å². The third-order valence-corrected chi connectivity index (χ3v) is 6.83. The second-order valence-corrected chi connectivity index (χ2v) is 8.27. The van der Waals surface area contributed by atoms with E-state index >= 15 is 0 Å². The highest BCUT2D eigenvalue weighted by Gasteiger charge is 2.24. The van der Waals surface area contributed by atoms with E-state index in [9.17, 15) is 0 Å². The van der Waals surface area contributed by atoms with E-state index in [0.717, 1.165) is 0 Å². The fourth-order valence-electron chi connectivity index (χ4n) is 5.71. The smallest absolute Gasteiger partial charge is 0.0549 e. The molecule has 0 bridgehead atoms. The number of fused-ring (bicyclic) bond motifs is 1. The molecule has 5 aromatic carbocycles. The quantitative estimate of drug-likeness (QED) is 0.303. The number of hydrogen-bond donors (Lipinski definition) is 1. The van der Waals surface area contributed by atoms with Crippen molar-refractivity contribution < 1.29 is 0 Å². The van der Waals surface area contributed by atoms with Crippen molar-refractivity contribution in [2.24, 2.45) is 0 Å². The van der Waals surface area contributed by atoms with Crippen LogP contribution in [0.4, 0.5) is 0 Å². The molecule has 0 atom stereocenters. The predicted molar refractivity (Wildman–Crippen MR) is 127 cm³/mol. The van der Waals surface area contributed by atoms with Gasteiger partial charge in [0.15, 0.2) is 0 Å². The zero-order valence-electron chi connectivity index (χ0n) is 16.1. The summed E-state index contributed by atoms with van der Waals surface area (Å²) in [6, 6.07) is 33.2. The maximum Gasteiger partial charge on any atom is 0.0549 e. The summed E-state index contributed by atoms with van der Waals surface area (Å²) in [7, 11) is 0. The van der Waals surface area contributed by atoms with Crippen LogP contribution in [-0.2, 0) is 0 Å². The molecule has 0 saturated carbocycles. The minimum atomic E-state index is 1.20. The van der Waals surface area contributed by atoms with Gasteiger partial charge in [-0.1, -0.05) is 54.6 Å². The molecule has 2 heteroatoms. The van der Waals surface area contributed by atoms with Crippen LogP contribution in [0.25, 0.3) is 71.2 Å². The Bertz CT molecular complexity index is 1830. The van der Waals surface area contributed by atoms with Gasteiger partial charge < -0.3 is 9.55 Å². The fourth-order valence-corrected chi connectivity index (χ4v) is 5.71. The minimum absolute atomic E-state index is 1.20. The number of aromatic nitrogens is 2. The highest BCUT2D eigenvalue weighted by molar-refractivity contribution is 6.38. The molecule has 1 N–H and O–H groups in total. The zero-order chi connectivity index (χ0) is 19.4. The highest BCUT2D eigenvalue weighted by Crippen LogP contribution is 2.49. The standard InChI is InChI=1S/C28H16N2/c1-2-7-17(8-3-1)30-22-14-12-16-6-4-9-18-19-10-5-11-20-25(19)26-21(29-20)13-15-23(30)28(26)27(22)24(16)18/h1-15,29H. The van der Waals surface area contributed by atoms with Gasteiger partial charge >= 0.3 is 0 Å². The third-order valence-electron chi connectivity index (χ3n) is 6.83. The van der Waals surface area contributed by atoms with Crippen molar-refractivity contribution in [1.82, 2.24) is 9.55 Å². The van der Waals surface area contributed by atoms with Crippen molar-refractivity contribution in [3.05, 3.63) is 91.0 Å². The van der Waals surface area contributed by atoms with Crippen LogP contribution in [0.3, 0.4) is 0 Å². The lowest BCUT2D eigenvalue weighted by molar-refractivity contribution is 1.18. The van der Waals surface area contributed by atoms with Crippen LogP contribution >= 0.6 is 0 Å². The molecule has 0 amide bonds. The molecule has 2 heterocycles. The molecule has 0 unspecified atom stereocenters. The van der Waals surface area contributed by atoms with E-state index < -0.39 is 0 Å². The predicted octanol–water partition coefficient (Wildman–Crippen LogP) is 7.55. The molecule has 138 valence electrons. The zero-order valence-corrected chi connectivity index (χ0v) is 16.1. The summed E-state index contributed by atoms with van der Waals surface area (Å²) in [5, 5.41) is 8.08. The summed E-state index contributed by atoms with van der Waals surface area (Å²) in [6.45, 7) is 0. The topological polar surface area (TPSA) is 20.7 Å². The van der Waals surface area contributed by atoms with Gasteiger partial charge in [-0.15, -0.1) is 0 Å². The van der Waals surface area contributed by atoms with E-state index in [1.54, 1.807) is 0 Å². The van der Waals surface area contributed by atoms with Crippen molar-refractivity contribution >= 4 is 54.4 Å². The van der Waals surface area contributed by atoms with Crippen molar-refractivity contribution in [3.63, 3.8) is 0 Å². The Morgan fingerprint density at radius 1 is 0.467 bits per heavy atom.